The highest BCUT2D eigenvalue weighted by molar-refractivity contribution is 7.13. The minimum atomic E-state index is -0.0769. The monoisotopic (exact) mass is 268 g/mol. The first kappa shape index (κ1) is 11.9. The standard InChI is InChI=1S/C11H16N4O2S/c16-11(13-10-14-12-7-18-10)15-5-6-17-9-4-2-1-3-8(9)15/h7-9H,1-6H2,(H,13,14,16)/t8-,9+/m0/s1. The second-order valence-corrected chi connectivity index (χ2v) is 5.46. The van der Waals surface area contributed by atoms with Crippen LogP contribution in [0.5, 0.6) is 0 Å². The van der Waals surface area contributed by atoms with Gasteiger partial charge in [-0.15, -0.1) is 10.2 Å². The lowest BCUT2D eigenvalue weighted by Gasteiger charge is -2.43. The Morgan fingerprint density at radius 3 is 3.22 bits per heavy atom. The third-order valence-corrected chi connectivity index (χ3v) is 4.17. The summed E-state index contributed by atoms with van der Waals surface area (Å²) in [5, 5.41) is 10.9. The van der Waals surface area contributed by atoms with Crippen molar-refractivity contribution in [3.05, 3.63) is 5.51 Å². The molecule has 2 aliphatic rings. The van der Waals surface area contributed by atoms with Gasteiger partial charge in [0.25, 0.3) is 0 Å². The Hall–Kier alpha value is -1.21. The topological polar surface area (TPSA) is 67.4 Å². The molecule has 1 aromatic heterocycles. The van der Waals surface area contributed by atoms with Gasteiger partial charge in [-0.25, -0.2) is 4.79 Å². The molecule has 0 radical (unpaired) electrons. The lowest BCUT2D eigenvalue weighted by molar-refractivity contribution is -0.0694. The Balaban J connectivity index is 1.68. The SMILES string of the molecule is O=C(Nc1nncs1)N1CCO[C@@H]2CCCC[C@@H]21. The maximum atomic E-state index is 12.2. The maximum Gasteiger partial charge on any atom is 0.324 e. The van der Waals surface area contributed by atoms with E-state index in [1.807, 2.05) is 4.90 Å². The van der Waals surface area contributed by atoms with Crippen molar-refractivity contribution < 1.29 is 9.53 Å². The average Bonchev–Trinajstić information content (AvgIpc) is 2.91. The van der Waals surface area contributed by atoms with Gasteiger partial charge in [-0.2, -0.15) is 0 Å². The quantitative estimate of drug-likeness (QED) is 0.842. The predicted molar refractivity (Wildman–Crippen MR) is 67.6 cm³/mol. The Kier molecular flexibility index (Phi) is 3.42. The summed E-state index contributed by atoms with van der Waals surface area (Å²) in [4.78, 5) is 14.1. The molecule has 1 aliphatic carbocycles. The summed E-state index contributed by atoms with van der Waals surface area (Å²) >= 11 is 1.33. The molecule has 1 aliphatic heterocycles. The van der Waals surface area contributed by atoms with Crippen LogP contribution in [0.2, 0.25) is 0 Å². The smallest absolute Gasteiger partial charge is 0.324 e. The Labute approximate surface area is 109 Å². The van der Waals surface area contributed by atoms with Crippen LogP contribution in [0.25, 0.3) is 0 Å². The number of amides is 2. The second-order valence-electron chi connectivity index (χ2n) is 4.63. The molecule has 6 nitrogen and oxygen atoms in total. The molecular weight excluding hydrogens is 252 g/mol. The fourth-order valence-corrected chi connectivity index (χ4v) is 3.17. The number of anilines is 1. The van der Waals surface area contributed by atoms with E-state index in [2.05, 4.69) is 15.5 Å². The van der Waals surface area contributed by atoms with E-state index >= 15 is 0 Å². The van der Waals surface area contributed by atoms with Crippen molar-refractivity contribution in [1.29, 1.82) is 0 Å². The molecule has 1 aromatic rings. The van der Waals surface area contributed by atoms with Crippen molar-refractivity contribution in [3.8, 4) is 0 Å². The number of hydrogen-bond donors (Lipinski definition) is 1. The minimum absolute atomic E-state index is 0.0769. The normalized spacial score (nSPS) is 27.7. The number of nitrogens with one attached hydrogen (secondary N) is 1. The van der Waals surface area contributed by atoms with Gasteiger partial charge in [0, 0.05) is 6.54 Å². The van der Waals surface area contributed by atoms with Gasteiger partial charge < -0.3 is 9.64 Å². The molecule has 0 unspecified atom stereocenters. The first-order valence-corrected chi connectivity index (χ1v) is 7.18. The number of morpholine rings is 1. The summed E-state index contributed by atoms with van der Waals surface area (Å²) in [5.41, 5.74) is 1.61. The highest BCUT2D eigenvalue weighted by atomic mass is 32.1. The van der Waals surface area contributed by atoms with E-state index in [0.717, 1.165) is 12.8 Å². The molecule has 1 N–H and O–H groups in total. The Morgan fingerprint density at radius 2 is 2.39 bits per heavy atom. The van der Waals surface area contributed by atoms with E-state index < -0.39 is 0 Å². The zero-order chi connectivity index (χ0) is 12.4. The van der Waals surface area contributed by atoms with E-state index in [1.54, 1.807) is 5.51 Å². The number of aromatic nitrogens is 2. The molecule has 0 bridgehead atoms. The van der Waals surface area contributed by atoms with Crippen LogP contribution in [-0.2, 0) is 4.74 Å². The third kappa shape index (κ3) is 2.32. The molecule has 2 atom stereocenters. The average molecular weight is 268 g/mol. The largest absolute Gasteiger partial charge is 0.374 e. The fourth-order valence-electron chi connectivity index (χ4n) is 2.74. The molecule has 7 heteroatoms. The number of carbonyl (C=O) groups excluding carboxylic acids is 1. The van der Waals surface area contributed by atoms with Gasteiger partial charge in [0.2, 0.25) is 5.13 Å². The summed E-state index contributed by atoms with van der Waals surface area (Å²) in [6, 6.07) is 0.146. The van der Waals surface area contributed by atoms with E-state index in [0.29, 0.717) is 18.3 Å². The number of rotatable bonds is 1. The lowest BCUT2D eigenvalue weighted by Crippen LogP contribution is -2.55. The number of ether oxygens (including phenoxy) is 1. The Morgan fingerprint density at radius 1 is 1.50 bits per heavy atom. The van der Waals surface area contributed by atoms with Crippen molar-refractivity contribution in [1.82, 2.24) is 15.1 Å². The van der Waals surface area contributed by atoms with Gasteiger partial charge in [0.1, 0.15) is 5.51 Å². The van der Waals surface area contributed by atoms with Gasteiger partial charge in [-0.05, 0) is 12.8 Å². The van der Waals surface area contributed by atoms with E-state index in [1.165, 1.54) is 24.2 Å². The predicted octanol–water partition coefficient (Wildman–Crippen LogP) is 1.71. The number of nitrogens with zero attached hydrogens (tertiary/aromatic N) is 3. The molecule has 1 saturated carbocycles. The minimum Gasteiger partial charge on any atom is -0.374 e. The van der Waals surface area contributed by atoms with E-state index in [-0.39, 0.29) is 18.2 Å². The summed E-state index contributed by atoms with van der Waals surface area (Å²) in [7, 11) is 0. The molecule has 18 heavy (non-hydrogen) atoms. The molecule has 0 spiro atoms. The van der Waals surface area contributed by atoms with Gasteiger partial charge in [0.15, 0.2) is 0 Å². The molecule has 1 saturated heterocycles. The first-order valence-electron chi connectivity index (χ1n) is 6.30. The van der Waals surface area contributed by atoms with E-state index in [4.69, 9.17) is 4.74 Å². The molecule has 2 heterocycles. The van der Waals surface area contributed by atoms with Gasteiger partial charge in [-0.1, -0.05) is 24.2 Å². The van der Waals surface area contributed by atoms with Gasteiger partial charge in [0.05, 0.1) is 18.8 Å². The summed E-state index contributed by atoms with van der Waals surface area (Å²) in [6.07, 6.45) is 4.69. The number of urea groups is 1. The maximum absolute atomic E-state index is 12.2. The van der Waals surface area contributed by atoms with Crippen LogP contribution in [0.1, 0.15) is 25.7 Å². The van der Waals surface area contributed by atoms with Crippen LogP contribution in [0.3, 0.4) is 0 Å². The zero-order valence-electron chi connectivity index (χ0n) is 10.0. The van der Waals surface area contributed by atoms with Crippen molar-refractivity contribution >= 4 is 22.5 Å². The summed E-state index contributed by atoms with van der Waals surface area (Å²) < 4.78 is 5.75. The van der Waals surface area contributed by atoms with Crippen molar-refractivity contribution in [2.45, 2.75) is 37.8 Å². The van der Waals surface area contributed by atoms with Crippen LogP contribution in [0.4, 0.5) is 9.93 Å². The zero-order valence-corrected chi connectivity index (χ0v) is 10.9. The first-order chi connectivity index (χ1) is 8.84. The molecule has 2 amide bonds. The van der Waals surface area contributed by atoms with Crippen molar-refractivity contribution in [2.75, 3.05) is 18.5 Å². The Bertz CT molecular complexity index is 409. The lowest BCUT2D eigenvalue weighted by atomic mass is 9.90. The van der Waals surface area contributed by atoms with Crippen LogP contribution in [0.15, 0.2) is 5.51 Å². The third-order valence-electron chi connectivity index (χ3n) is 3.57. The molecule has 2 fully saturated rings. The number of carbonyl (C=O) groups is 1. The highest BCUT2D eigenvalue weighted by Crippen LogP contribution is 2.28. The van der Waals surface area contributed by atoms with Gasteiger partial charge in [-0.3, -0.25) is 5.32 Å². The molecule has 3 rings (SSSR count). The number of fused-ring (bicyclic) bond motifs is 1. The van der Waals surface area contributed by atoms with Crippen LogP contribution in [-0.4, -0.2) is 46.4 Å². The van der Waals surface area contributed by atoms with Crippen LogP contribution in [0, 0.1) is 0 Å². The molecule has 98 valence electrons. The highest BCUT2D eigenvalue weighted by Gasteiger charge is 2.36. The second kappa shape index (κ2) is 5.19. The van der Waals surface area contributed by atoms with E-state index in [9.17, 15) is 4.79 Å². The molecule has 0 aromatic carbocycles. The summed E-state index contributed by atoms with van der Waals surface area (Å²) in [5.74, 6) is 0. The summed E-state index contributed by atoms with van der Waals surface area (Å²) in [6.45, 7) is 1.29. The molecular formula is C11H16N4O2S. The van der Waals surface area contributed by atoms with Crippen LogP contribution >= 0.6 is 11.3 Å². The fraction of sp³-hybridized carbons (Fsp3) is 0.727. The van der Waals surface area contributed by atoms with Gasteiger partial charge >= 0.3 is 6.03 Å². The van der Waals surface area contributed by atoms with Crippen LogP contribution < -0.4 is 5.32 Å². The van der Waals surface area contributed by atoms with Crippen molar-refractivity contribution in [3.63, 3.8) is 0 Å². The van der Waals surface area contributed by atoms with Crippen molar-refractivity contribution in [2.24, 2.45) is 0 Å². The number of hydrogen-bond acceptors (Lipinski definition) is 5.